The van der Waals surface area contributed by atoms with Gasteiger partial charge in [0.2, 0.25) is 5.91 Å². The summed E-state index contributed by atoms with van der Waals surface area (Å²) >= 11 is 7.32. The van der Waals surface area contributed by atoms with Crippen LogP contribution < -0.4 is 5.32 Å². The fourth-order valence-corrected chi connectivity index (χ4v) is 4.30. The van der Waals surface area contributed by atoms with Gasteiger partial charge in [0.15, 0.2) is 5.16 Å². The zero-order chi connectivity index (χ0) is 21.1. The molecule has 4 rings (SSSR count). The molecule has 0 saturated carbocycles. The molecule has 4 aromatic rings. The fourth-order valence-electron chi connectivity index (χ4n) is 3.05. The highest BCUT2D eigenvalue weighted by Crippen LogP contribution is 2.28. The molecule has 2 aromatic heterocycles. The van der Waals surface area contributed by atoms with Crippen LogP contribution in [-0.2, 0) is 17.1 Å². The van der Waals surface area contributed by atoms with Gasteiger partial charge in [-0.1, -0.05) is 47.6 Å². The topological polar surface area (TPSA) is 59.8 Å². The van der Waals surface area contributed by atoms with Gasteiger partial charge in [-0.2, -0.15) is 0 Å². The second kappa shape index (κ2) is 8.85. The van der Waals surface area contributed by atoms with Crippen molar-refractivity contribution < 1.29 is 9.18 Å². The third-order valence-corrected chi connectivity index (χ3v) is 5.90. The lowest BCUT2D eigenvalue weighted by Crippen LogP contribution is -2.20. The number of pyridine rings is 1. The van der Waals surface area contributed by atoms with Crippen molar-refractivity contribution in [2.45, 2.75) is 24.4 Å². The number of anilines is 1. The Morgan fingerprint density at radius 1 is 1.23 bits per heavy atom. The third kappa shape index (κ3) is 4.47. The van der Waals surface area contributed by atoms with Crippen LogP contribution in [0.2, 0.25) is 5.02 Å². The number of benzene rings is 2. The Morgan fingerprint density at radius 3 is 2.87 bits per heavy atom. The maximum Gasteiger partial charge on any atom is 0.244 e. The molecule has 1 amide bonds. The molecular weight excluding hydrogens is 423 g/mol. The Balaban J connectivity index is 1.58. The number of nitrogens with zero attached hydrogens (tertiary/aromatic N) is 3. The molecule has 30 heavy (non-hydrogen) atoms. The number of amides is 1. The zero-order valence-electron chi connectivity index (χ0n) is 16.1. The Labute approximate surface area is 182 Å². The van der Waals surface area contributed by atoms with Gasteiger partial charge in [0.05, 0.1) is 22.9 Å². The molecule has 5 nitrogen and oxygen atoms in total. The molecule has 0 fully saturated rings. The molecule has 152 valence electrons. The van der Waals surface area contributed by atoms with Crippen molar-refractivity contribution >= 4 is 46.0 Å². The van der Waals surface area contributed by atoms with Gasteiger partial charge < -0.3 is 9.88 Å². The molecule has 0 unspecified atom stereocenters. The SMILES string of the molecule is Cc1ccccc1CSc1nc2ccncc2n1CC(=O)Nc1ccc(Cl)cc1F. The maximum atomic E-state index is 14.0. The highest BCUT2D eigenvalue weighted by atomic mass is 35.5. The summed E-state index contributed by atoms with van der Waals surface area (Å²) in [6.07, 6.45) is 3.34. The van der Waals surface area contributed by atoms with E-state index in [2.05, 4.69) is 34.3 Å². The predicted octanol–water partition coefficient (Wildman–Crippen LogP) is 5.46. The van der Waals surface area contributed by atoms with E-state index in [-0.39, 0.29) is 23.2 Å². The van der Waals surface area contributed by atoms with Crippen molar-refractivity contribution in [3.63, 3.8) is 0 Å². The first-order valence-electron chi connectivity index (χ1n) is 9.24. The van der Waals surface area contributed by atoms with Crippen molar-refractivity contribution in [1.29, 1.82) is 0 Å². The number of nitrogens with one attached hydrogen (secondary N) is 1. The lowest BCUT2D eigenvalue weighted by atomic mass is 10.1. The number of hydrogen-bond acceptors (Lipinski definition) is 4. The molecule has 0 radical (unpaired) electrons. The van der Waals surface area contributed by atoms with Crippen molar-refractivity contribution in [1.82, 2.24) is 14.5 Å². The van der Waals surface area contributed by atoms with Crippen LogP contribution in [0.25, 0.3) is 11.0 Å². The number of aryl methyl sites for hydroxylation is 1. The summed E-state index contributed by atoms with van der Waals surface area (Å²) in [5.74, 6) is -0.226. The smallest absolute Gasteiger partial charge is 0.244 e. The van der Waals surface area contributed by atoms with Crippen LogP contribution in [0.4, 0.5) is 10.1 Å². The van der Waals surface area contributed by atoms with Crippen LogP contribution in [0.3, 0.4) is 0 Å². The molecule has 0 bridgehead atoms. The number of thioether (sulfide) groups is 1. The highest BCUT2D eigenvalue weighted by molar-refractivity contribution is 7.98. The number of imidazole rings is 1. The fraction of sp³-hybridized carbons (Fsp3) is 0.136. The molecular formula is C22H18ClFN4OS. The van der Waals surface area contributed by atoms with Gasteiger partial charge in [-0.25, -0.2) is 9.37 Å². The van der Waals surface area contributed by atoms with Crippen LogP contribution in [0.1, 0.15) is 11.1 Å². The van der Waals surface area contributed by atoms with E-state index in [9.17, 15) is 9.18 Å². The summed E-state index contributed by atoms with van der Waals surface area (Å²) < 4.78 is 15.8. The number of rotatable bonds is 6. The number of hydrogen-bond donors (Lipinski definition) is 1. The molecule has 0 aliphatic heterocycles. The second-order valence-electron chi connectivity index (χ2n) is 6.73. The first kappa shape index (κ1) is 20.4. The predicted molar refractivity (Wildman–Crippen MR) is 118 cm³/mol. The molecule has 2 heterocycles. The van der Waals surface area contributed by atoms with Crippen molar-refractivity contribution in [2.24, 2.45) is 0 Å². The van der Waals surface area contributed by atoms with Crippen LogP contribution in [-0.4, -0.2) is 20.4 Å². The normalized spacial score (nSPS) is 11.0. The minimum absolute atomic E-state index is 0.0135. The minimum atomic E-state index is -0.581. The summed E-state index contributed by atoms with van der Waals surface area (Å²) in [7, 11) is 0. The lowest BCUT2D eigenvalue weighted by molar-refractivity contribution is -0.116. The molecule has 0 atom stereocenters. The van der Waals surface area contributed by atoms with Gasteiger partial charge in [-0.3, -0.25) is 9.78 Å². The van der Waals surface area contributed by atoms with E-state index in [0.29, 0.717) is 5.16 Å². The first-order valence-corrected chi connectivity index (χ1v) is 10.6. The van der Waals surface area contributed by atoms with E-state index in [1.54, 1.807) is 34.8 Å². The molecule has 0 aliphatic rings. The summed E-state index contributed by atoms with van der Waals surface area (Å²) in [6, 6.07) is 14.1. The second-order valence-corrected chi connectivity index (χ2v) is 8.11. The van der Waals surface area contributed by atoms with Crippen LogP contribution in [0, 0.1) is 12.7 Å². The van der Waals surface area contributed by atoms with E-state index < -0.39 is 5.82 Å². The summed E-state index contributed by atoms with van der Waals surface area (Å²) in [5.41, 5.74) is 3.98. The number of aromatic nitrogens is 3. The molecule has 0 saturated heterocycles. The molecule has 1 N–H and O–H groups in total. The summed E-state index contributed by atoms with van der Waals surface area (Å²) in [6.45, 7) is 2.05. The lowest BCUT2D eigenvalue weighted by Gasteiger charge is -2.11. The van der Waals surface area contributed by atoms with Crippen molar-refractivity contribution in [2.75, 3.05) is 5.32 Å². The Kier molecular flexibility index (Phi) is 6.01. The van der Waals surface area contributed by atoms with Crippen LogP contribution in [0.15, 0.2) is 66.1 Å². The van der Waals surface area contributed by atoms with Crippen molar-refractivity contribution in [3.8, 4) is 0 Å². The number of halogens is 2. The van der Waals surface area contributed by atoms with Gasteiger partial charge in [-0.05, 0) is 42.3 Å². The van der Waals surface area contributed by atoms with Crippen molar-refractivity contribution in [3.05, 3.63) is 82.9 Å². The van der Waals surface area contributed by atoms with Gasteiger partial charge in [-0.15, -0.1) is 0 Å². The molecule has 0 spiro atoms. The largest absolute Gasteiger partial charge is 0.322 e. The zero-order valence-corrected chi connectivity index (χ0v) is 17.7. The van der Waals surface area contributed by atoms with Crippen LogP contribution in [0.5, 0.6) is 0 Å². The maximum absolute atomic E-state index is 14.0. The van der Waals surface area contributed by atoms with E-state index in [0.717, 1.165) is 22.9 Å². The first-order chi connectivity index (χ1) is 14.5. The van der Waals surface area contributed by atoms with Gasteiger partial charge in [0.25, 0.3) is 0 Å². The Morgan fingerprint density at radius 2 is 2.07 bits per heavy atom. The standard InChI is InChI=1S/C22H18ClFN4OS/c1-14-4-2-3-5-15(14)13-30-22-27-19-8-9-25-11-20(19)28(22)12-21(29)26-18-7-6-16(23)10-17(18)24/h2-11H,12-13H2,1H3,(H,26,29). The average Bonchev–Trinajstić information content (AvgIpc) is 3.07. The van der Waals surface area contributed by atoms with E-state index >= 15 is 0 Å². The van der Waals surface area contributed by atoms with Gasteiger partial charge in [0, 0.05) is 17.0 Å². The van der Waals surface area contributed by atoms with Gasteiger partial charge in [0.1, 0.15) is 12.4 Å². The van der Waals surface area contributed by atoms with E-state index in [1.807, 2.05) is 12.1 Å². The van der Waals surface area contributed by atoms with E-state index in [1.165, 1.54) is 23.3 Å². The molecule has 2 aromatic carbocycles. The number of carbonyl (C=O) groups is 1. The van der Waals surface area contributed by atoms with E-state index in [4.69, 9.17) is 11.6 Å². The highest BCUT2D eigenvalue weighted by Gasteiger charge is 2.16. The summed E-state index contributed by atoms with van der Waals surface area (Å²) in [5, 5.41) is 3.57. The Hall–Kier alpha value is -2.90. The number of fused-ring (bicyclic) bond motifs is 1. The molecule has 8 heteroatoms. The van der Waals surface area contributed by atoms with Crippen LogP contribution >= 0.6 is 23.4 Å². The third-order valence-electron chi connectivity index (χ3n) is 4.64. The molecule has 0 aliphatic carbocycles. The summed E-state index contributed by atoms with van der Waals surface area (Å²) in [4.78, 5) is 21.5. The Bertz CT molecular complexity index is 1230. The van der Waals surface area contributed by atoms with Gasteiger partial charge >= 0.3 is 0 Å². The number of carbonyl (C=O) groups excluding carboxylic acids is 1. The monoisotopic (exact) mass is 440 g/mol. The minimum Gasteiger partial charge on any atom is -0.322 e. The average molecular weight is 441 g/mol. The quantitative estimate of drug-likeness (QED) is 0.404.